The summed E-state index contributed by atoms with van der Waals surface area (Å²) in [5, 5.41) is 14.7. The van der Waals surface area contributed by atoms with E-state index in [-0.39, 0.29) is 6.04 Å². The van der Waals surface area contributed by atoms with E-state index < -0.39 is 11.7 Å². The Morgan fingerprint density at radius 2 is 1.61 bits per heavy atom. The number of aryl methyl sites for hydroxylation is 1. The molecule has 5 heteroatoms. The first-order valence-electron chi connectivity index (χ1n) is 11.4. The lowest BCUT2D eigenvalue weighted by Gasteiger charge is -2.42. The summed E-state index contributed by atoms with van der Waals surface area (Å²) in [5.41, 5.74) is 5.83. The smallest absolute Gasteiger partial charge is 0.131 e. The molecule has 0 spiro atoms. The maximum Gasteiger partial charge on any atom is 0.131 e. The number of aliphatic hydroxyl groups excluding tert-OH is 1. The second-order valence-corrected chi connectivity index (χ2v) is 9.22. The number of aromatic nitrogens is 2. The molecule has 0 amide bonds. The molecule has 0 radical (unpaired) electrons. The van der Waals surface area contributed by atoms with Crippen molar-refractivity contribution in [2.45, 2.75) is 44.9 Å². The van der Waals surface area contributed by atoms with E-state index in [1.807, 2.05) is 81.4 Å². The standard InChI is InChI=1S/C28H29N3O2/c1-18-25(20-12-8-5-9-13-20)31-23-17-24-21(16-22(23)30-18)26(27(32)28(2,3)33-24)29-15-14-19-10-6-4-7-11-19/h4-13,16-17,26-27,29,32H,14-15H2,1-3H3/t26-,27+/m0/s1. The molecule has 2 heterocycles. The molecule has 4 aromatic rings. The van der Waals surface area contributed by atoms with Gasteiger partial charge in [0.05, 0.1) is 28.5 Å². The lowest BCUT2D eigenvalue weighted by Crippen LogP contribution is -2.52. The largest absolute Gasteiger partial charge is 0.485 e. The van der Waals surface area contributed by atoms with Crippen molar-refractivity contribution in [3.63, 3.8) is 0 Å². The number of nitrogens with zero attached hydrogens (tertiary/aromatic N) is 2. The predicted molar refractivity (Wildman–Crippen MR) is 131 cm³/mol. The van der Waals surface area contributed by atoms with Crippen molar-refractivity contribution in [2.24, 2.45) is 0 Å². The van der Waals surface area contributed by atoms with E-state index in [0.717, 1.165) is 52.3 Å². The summed E-state index contributed by atoms with van der Waals surface area (Å²) < 4.78 is 6.25. The number of hydrogen-bond acceptors (Lipinski definition) is 5. The van der Waals surface area contributed by atoms with Gasteiger partial charge in [-0.15, -0.1) is 0 Å². The third-order valence-electron chi connectivity index (χ3n) is 6.37. The molecule has 0 saturated carbocycles. The Hall–Kier alpha value is -3.28. The Balaban J connectivity index is 1.51. The number of ether oxygens (including phenoxy) is 1. The summed E-state index contributed by atoms with van der Waals surface area (Å²) in [5.74, 6) is 0.743. The molecule has 1 aliphatic rings. The highest BCUT2D eigenvalue weighted by atomic mass is 16.5. The van der Waals surface area contributed by atoms with E-state index in [4.69, 9.17) is 14.7 Å². The molecule has 168 valence electrons. The Morgan fingerprint density at radius 1 is 0.939 bits per heavy atom. The van der Waals surface area contributed by atoms with Gasteiger partial charge in [-0.1, -0.05) is 60.7 Å². The number of aliphatic hydroxyl groups is 1. The molecule has 0 aliphatic carbocycles. The molecule has 1 aromatic heterocycles. The zero-order valence-corrected chi connectivity index (χ0v) is 19.2. The molecule has 5 nitrogen and oxygen atoms in total. The summed E-state index contributed by atoms with van der Waals surface area (Å²) in [6.07, 6.45) is 0.184. The van der Waals surface area contributed by atoms with Crippen molar-refractivity contribution in [2.75, 3.05) is 6.54 Å². The van der Waals surface area contributed by atoms with Gasteiger partial charge in [-0.25, -0.2) is 9.97 Å². The SMILES string of the molecule is Cc1nc2cc3c(cc2nc1-c1ccccc1)OC(C)(C)[C@H](O)[C@H]3NCCc1ccccc1. The maximum absolute atomic E-state index is 11.1. The van der Waals surface area contributed by atoms with E-state index in [2.05, 4.69) is 17.4 Å². The third kappa shape index (κ3) is 4.22. The lowest BCUT2D eigenvalue weighted by atomic mass is 9.86. The molecule has 5 rings (SSSR count). The average Bonchev–Trinajstić information content (AvgIpc) is 2.81. The highest BCUT2D eigenvalue weighted by Gasteiger charge is 2.43. The number of nitrogens with one attached hydrogen (secondary N) is 1. The Bertz CT molecular complexity index is 1270. The van der Waals surface area contributed by atoms with Crippen LogP contribution in [0.4, 0.5) is 0 Å². The van der Waals surface area contributed by atoms with Gasteiger partial charge in [-0.2, -0.15) is 0 Å². The summed E-state index contributed by atoms with van der Waals surface area (Å²) >= 11 is 0. The first-order chi connectivity index (χ1) is 15.9. The predicted octanol–water partition coefficient (Wildman–Crippen LogP) is 5.01. The molecular formula is C28H29N3O2. The van der Waals surface area contributed by atoms with Gasteiger partial charge in [-0.05, 0) is 45.4 Å². The summed E-state index contributed by atoms with van der Waals surface area (Å²) in [7, 11) is 0. The minimum Gasteiger partial charge on any atom is -0.485 e. The topological polar surface area (TPSA) is 67.3 Å². The van der Waals surface area contributed by atoms with Crippen LogP contribution in [-0.4, -0.2) is 33.3 Å². The fourth-order valence-electron chi connectivity index (χ4n) is 4.54. The molecule has 0 saturated heterocycles. The van der Waals surface area contributed by atoms with Gasteiger partial charge in [0.2, 0.25) is 0 Å². The quantitative estimate of drug-likeness (QED) is 0.458. The van der Waals surface area contributed by atoms with Crippen LogP contribution in [0.25, 0.3) is 22.3 Å². The number of hydrogen-bond donors (Lipinski definition) is 2. The molecule has 2 N–H and O–H groups in total. The number of fused-ring (bicyclic) bond motifs is 2. The van der Waals surface area contributed by atoms with E-state index >= 15 is 0 Å². The molecule has 0 unspecified atom stereocenters. The first kappa shape index (κ1) is 21.6. The summed E-state index contributed by atoms with van der Waals surface area (Å²) in [4.78, 5) is 9.78. The van der Waals surface area contributed by atoms with Crippen molar-refractivity contribution >= 4 is 11.0 Å². The second kappa shape index (κ2) is 8.58. The van der Waals surface area contributed by atoms with E-state index in [9.17, 15) is 5.11 Å². The van der Waals surface area contributed by atoms with Gasteiger partial charge < -0.3 is 15.2 Å². The maximum atomic E-state index is 11.1. The first-order valence-corrected chi connectivity index (χ1v) is 11.4. The summed E-state index contributed by atoms with van der Waals surface area (Å²) in [6, 6.07) is 24.2. The lowest BCUT2D eigenvalue weighted by molar-refractivity contribution is -0.0642. The second-order valence-electron chi connectivity index (χ2n) is 9.22. The molecule has 2 atom stereocenters. The van der Waals surface area contributed by atoms with Crippen LogP contribution in [0.15, 0.2) is 72.8 Å². The van der Waals surface area contributed by atoms with Gasteiger partial charge in [0, 0.05) is 17.2 Å². The van der Waals surface area contributed by atoms with Gasteiger partial charge in [0.25, 0.3) is 0 Å². The fraction of sp³-hybridized carbons (Fsp3) is 0.286. The van der Waals surface area contributed by atoms with Crippen LogP contribution in [0.2, 0.25) is 0 Å². The summed E-state index contributed by atoms with van der Waals surface area (Å²) in [6.45, 7) is 6.58. The molecular weight excluding hydrogens is 410 g/mol. The zero-order chi connectivity index (χ0) is 23.0. The van der Waals surface area contributed by atoms with Gasteiger partial charge in [0.1, 0.15) is 17.5 Å². The average molecular weight is 440 g/mol. The fourth-order valence-corrected chi connectivity index (χ4v) is 4.54. The molecule has 3 aromatic carbocycles. The Morgan fingerprint density at radius 3 is 2.33 bits per heavy atom. The van der Waals surface area contributed by atoms with Gasteiger partial charge >= 0.3 is 0 Å². The van der Waals surface area contributed by atoms with Crippen LogP contribution in [0.5, 0.6) is 5.75 Å². The number of benzene rings is 3. The van der Waals surface area contributed by atoms with Gasteiger partial charge in [-0.3, -0.25) is 0 Å². The monoisotopic (exact) mass is 439 g/mol. The Labute approximate surface area is 194 Å². The van der Waals surface area contributed by atoms with Crippen LogP contribution in [-0.2, 0) is 6.42 Å². The highest BCUT2D eigenvalue weighted by Crippen LogP contribution is 2.41. The van der Waals surface area contributed by atoms with Crippen molar-refractivity contribution in [1.29, 1.82) is 0 Å². The van der Waals surface area contributed by atoms with E-state index in [1.165, 1.54) is 5.56 Å². The Kier molecular flexibility index (Phi) is 5.60. The molecule has 0 fully saturated rings. The van der Waals surface area contributed by atoms with Crippen molar-refractivity contribution < 1.29 is 9.84 Å². The van der Waals surface area contributed by atoms with Crippen molar-refractivity contribution in [3.8, 4) is 17.0 Å². The van der Waals surface area contributed by atoms with Crippen molar-refractivity contribution in [1.82, 2.24) is 15.3 Å². The minimum atomic E-state index is -0.731. The third-order valence-corrected chi connectivity index (χ3v) is 6.37. The normalized spacial score (nSPS) is 19.2. The van der Waals surface area contributed by atoms with E-state index in [1.54, 1.807) is 0 Å². The van der Waals surface area contributed by atoms with Crippen LogP contribution in [0.3, 0.4) is 0 Å². The van der Waals surface area contributed by atoms with Crippen LogP contribution in [0, 0.1) is 6.92 Å². The van der Waals surface area contributed by atoms with Gasteiger partial charge in [0.15, 0.2) is 0 Å². The number of rotatable bonds is 5. The zero-order valence-electron chi connectivity index (χ0n) is 19.2. The van der Waals surface area contributed by atoms with Crippen molar-refractivity contribution in [3.05, 3.63) is 89.6 Å². The molecule has 33 heavy (non-hydrogen) atoms. The minimum absolute atomic E-state index is 0.257. The molecule has 1 aliphatic heterocycles. The van der Waals surface area contributed by atoms with Crippen LogP contribution < -0.4 is 10.1 Å². The molecule has 0 bridgehead atoms. The van der Waals surface area contributed by atoms with Crippen LogP contribution >= 0.6 is 0 Å². The van der Waals surface area contributed by atoms with E-state index in [0.29, 0.717) is 0 Å². The van der Waals surface area contributed by atoms with Crippen LogP contribution in [0.1, 0.15) is 36.7 Å². The highest BCUT2D eigenvalue weighted by molar-refractivity contribution is 5.81.